The van der Waals surface area contributed by atoms with E-state index in [4.69, 9.17) is 4.74 Å². The van der Waals surface area contributed by atoms with Crippen molar-refractivity contribution in [3.63, 3.8) is 0 Å². The summed E-state index contributed by atoms with van der Waals surface area (Å²) in [5, 5.41) is 0. The maximum absolute atomic E-state index is 5.36. The minimum atomic E-state index is 0.644. The van der Waals surface area contributed by atoms with Gasteiger partial charge in [0.25, 0.3) is 0 Å². The van der Waals surface area contributed by atoms with Gasteiger partial charge in [0.15, 0.2) is 0 Å². The van der Waals surface area contributed by atoms with Crippen LogP contribution in [0.3, 0.4) is 0 Å². The summed E-state index contributed by atoms with van der Waals surface area (Å²) in [5.74, 6) is 1.73. The fourth-order valence-corrected chi connectivity index (χ4v) is 2.12. The number of ether oxygens (including phenoxy) is 1. The van der Waals surface area contributed by atoms with E-state index in [9.17, 15) is 0 Å². The maximum atomic E-state index is 5.36. The fraction of sp³-hybridized carbons (Fsp3) is 0.417. The molecule has 0 radical (unpaired) electrons. The number of benzene rings is 1. The summed E-state index contributed by atoms with van der Waals surface area (Å²) in [6, 6.07) is 8.16. The van der Waals surface area contributed by atoms with Crippen LogP contribution in [0.5, 0.6) is 0 Å². The van der Waals surface area contributed by atoms with Crippen LogP contribution in [-0.4, -0.2) is 23.2 Å². The molecule has 78 valence electrons. The normalized spacial score (nSPS) is 21.2. The van der Waals surface area contributed by atoms with Gasteiger partial charge in [0.2, 0.25) is 0 Å². The molecule has 0 bridgehead atoms. The van der Waals surface area contributed by atoms with Crippen molar-refractivity contribution in [3.8, 4) is 0 Å². The Labute approximate surface area is 88.5 Å². The molecule has 1 unspecified atom stereocenters. The van der Waals surface area contributed by atoms with Crippen molar-refractivity contribution < 1.29 is 4.74 Å². The molecule has 15 heavy (non-hydrogen) atoms. The van der Waals surface area contributed by atoms with E-state index in [0.29, 0.717) is 5.92 Å². The second-order valence-corrected chi connectivity index (χ2v) is 4.13. The molecule has 1 aromatic heterocycles. The van der Waals surface area contributed by atoms with Crippen molar-refractivity contribution in [2.24, 2.45) is 5.92 Å². The number of H-pyrrole nitrogens is 1. The molecule has 1 aromatic carbocycles. The van der Waals surface area contributed by atoms with E-state index in [0.717, 1.165) is 42.9 Å². The van der Waals surface area contributed by atoms with Gasteiger partial charge >= 0.3 is 0 Å². The molecule has 1 saturated heterocycles. The van der Waals surface area contributed by atoms with Crippen molar-refractivity contribution in [1.29, 1.82) is 0 Å². The SMILES string of the molecule is c1ccc2[nH]c(CC3CCOC3)nc2c1. The lowest BCUT2D eigenvalue weighted by Crippen LogP contribution is -2.04. The number of nitrogens with zero attached hydrogens (tertiary/aromatic N) is 1. The van der Waals surface area contributed by atoms with Gasteiger partial charge in [-0.1, -0.05) is 12.1 Å². The molecule has 2 heterocycles. The minimum Gasteiger partial charge on any atom is -0.381 e. The van der Waals surface area contributed by atoms with E-state index < -0.39 is 0 Å². The average Bonchev–Trinajstić information content (AvgIpc) is 2.86. The molecule has 0 amide bonds. The molecule has 3 rings (SSSR count). The van der Waals surface area contributed by atoms with Crippen LogP contribution in [0.2, 0.25) is 0 Å². The van der Waals surface area contributed by atoms with Gasteiger partial charge in [-0.05, 0) is 24.5 Å². The third kappa shape index (κ3) is 1.75. The van der Waals surface area contributed by atoms with Crippen LogP contribution in [0.15, 0.2) is 24.3 Å². The fourth-order valence-electron chi connectivity index (χ4n) is 2.12. The van der Waals surface area contributed by atoms with Crippen LogP contribution in [0.25, 0.3) is 11.0 Å². The van der Waals surface area contributed by atoms with Crippen LogP contribution < -0.4 is 0 Å². The zero-order valence-electron chi connectivity index (χ0n) is 8.57. The van der Waals surface area contributed by atoms with Gasteiger partial charge in [0.05, 0.1) is 11.0 Å². The van der Waals surface area contributed by atoms with Crippen molar-refractivity contribution in [1.82, 2.24) is 9.97 Å². The molecule has 3 heteroatoms. The van der Waals surface area contributed by atoms with E-state index in [1.54, 1.807) is 0 Å². The topological polar surface area (TPSA) is 37.9 Å². The van der Waals surface area contributed by atoms with Gasteiger partial charge in [-0.3, -0.25) is 0 Å². The summed E-state index contributed by atoms with van der Waals surface area (Å²) in [4.78, 5) is 7.92. The summed E-state index contributed by atoms with van der Waals surface area (Å²) in [5.41, 5.74) is 2.19. The Balaban J connectivity index is 1.84. The van der Waals surface area contributed by atoms with Crippen LogP contribution in [0.4, 0.5) is 0 Å². The number of nitrogens with one attached hydrogen (secondary N) is 1. The van der Waals surface area contributed by atoms with E-state index in [1.807, 2.05) is 18.2 Å². The highest BCUT2D eigenvalue weighted by molar-refractivity contribution is 5.74. The summed E-state index contributed by atoms with van der Waals surface area (Å²) < 4.78 is 5.36. The standard InChI is InChI=1S/C12H14N2O/c1-2-4-11-10(3-1)13-12(14-11)7-9-5-6-15-8-9/h1-4,9H,5-8H2,(H,13,14). The predicted molar refractivity (Wildman–Crippen MR) is 58.7 cm³/mol. The number of para-hydroxylation sites is 2. The summed E-state index contributed by atoms with van der Waals surface area (Å²) >= 11 is 0. The van der Waals surface area contributed by atoms with Crippen LogP contribution >= 0.6 is 0 Å². The zero-order chi connectivity index (χ0) is 10.1. The monoisotopic (exact) mass is 202 g/mol. The van der Waals surface area contributed by atoms with Crippen LogP contribution in [0, 0.1) is 5.92 Å². The highest BCUT2D eigenvalue weighted by Crippen LogP contribution is 2.18. The third-order valence-corrected chi connectivity index (χ3v) is 2.94. The van der Waals surface area contributed by atoms with E-state index in [2.05, 4.69) is 16.0 Å². The zero-order valence-corrected chi connectivity index (χ0v) is 8.57. The number of hydrogen-bond acceptors (Lipinski definition) is 2. The Hall–Kier alpha value is -1.35. The molecule has 0 saturated carbocycles. The number of imidazole rings is 1. The Morgan fingerprint density at radius 2 is 2.33 bits per heavy atom. The lowest BCUT2D eigenvalue weighted by Gasteiger charge is -2.02. The molecule has 3 nitrogen and oxygen atoms in total. The second kappa shape index (κ2) is 3.66. The van der Waals surface area contributed by atoms with Crippen molar-refractivity contribution in [3.05, 3.63) is 30.1 Å². The molecule has 1 N–H and O–H groups in total. The highest BCUT2D eigenvalue weighted by Gasteiger charge is 2.17. The van der Waals surface area contributed by atoms with Crippen molar-refractivity contribution in [2.75, 3.05) is 13.2 Å². The van der Waals surface area contributed by atoms with Gasteiger partial charge in [-0.2, -0.15) is 0 Å². The molecule has 2 aromatic rings. The average molecular weight is 202 g/mol. The van der Waals surface area contributed by atoms with Gasteiger partial charge < -0.3 is 9.72 Å². The first-order valence-corrected chi connectivity index (χ1v) is 5.43. The van der Waals surface area contributed by atoms with Gasteiger partial charge in [0.1, 0.15) is 5.82 Å². The Morgan fingerprint density at radius 3 is 3.13 bits per heavy atom. The van der Waals surface area contributed by atoms with E-state index in [1.165, 1.54) is 0 Å². The number of hydrogen-bond donors (Lipinski definition) is 1. The predicted octanol–water partition coefficient (Wildman–Crippen LogP) is 2.14. The molecular weight excluding hydrogens is 188 g/mol. The van der Waals surface area contributed by atoms with Crippen LogP contribution in [0.1, 0.15) is 12.2 Å². The quantitative estimate of drug-likeness (QED) is 0.810. The Kier molecular flexibility index (Phi) is 2.18. The van der Waals surface area contributed by atoms with E-state index >= 15 is 0 Å². The second-order valence-electron chi connectivity index (χ2n) is 4.13. The molecule has 1 atom stereocenters. The summed E-state index contributed by atoms with van der Waals surface area (Å²) in [7, 11) is 0. The molecule has 1 aliphatic heterocycles. The van der Waals surface area contributed by atoms with Crippen LogP contribution in [-0.2, 0) is 11.2 Å². The molecular formula is C12H14N2O. The first kappa shape index (κ1) is 8.92. The summed E-state index contributed by atoms with van der Waals surface area (Å²) in [6.45, 7) is 1.79. The lowest BCUT2D eigenvalue weighted by molar-refractivity contribution is 0.185. The Morgan fingerprint density at radius 1 is 1.40 bits per heavy atom. The smallest absolute Gasteiger partial charge is 0.107 e. The molecule has 1 aliphatic rings. The van der Waals surface area contributed by atoms with Gasteiger partial charge in [0, 0.05) is 19.6 Å². The minimum absolute atomic E-state index is 0.644. The molecule has 0 spiro atoms. The lowest BCUT2D eigenvalue weighted by atomic mass is 10.1. The molecule has 0 aliphatic carbocycles. The first-order chi connectivity index (χ1) is 7.42. The summed E-state index contributed by atoms with van der Waals surface area (Å²) in [6.07, 6.45) is 2.17. The molecule has 1 fully saturated rings. The maximum Gasteiger partial charge on any atom is 0.107 e. The van der Waals surface area contributed by atoms with Gasteiger partial charge in [-0.15, -0.1) is 0 Å². The number of rotatable bonds is 2. The van der Waals surface area contributed by atoms with E-state index in [-0.39, 0.29) is 0 Å². The highest BCUT2D eigenvalue weighted by atomic mass is 16.5. The van der Waals surface area contributed by atoms with Crippen molar-refractivity contribution in [2.45, 2.75) is 12.8 Å². The first-order valence-electron chi connectivity index (χ1n) is 5.43. The van der Waals surface area contributed by atoms with Gasteiger partial charge in [-0.25, -0.2) is 4.98 Å². The number of aromatic nitrogens is 2. The number of fused-ring (bicyclic) bond motifs is 1. The largest absolute Gasteiger partial charge is 0.381 e. The number of aromatic amines is 1. The third-order valence-electron chi connectivity index (χ3n) is 2.94. The van der Waals surface area contributed by atoms with Crippen molar-refractivity contribution >= 4 is 11.0 Å². The Bertz CT molecular complexity index is 424.